The second-order valence-corrected chi connectivity index (χ2v) is 5.82. The second kappa shape index (κ2) is 3.71. The molecule has 0 aliphatic heterocycles. The van der Waals surface area contributed by atoms with Crippen molar-refractivity contribution in [2.45, 2.75) is 38.5 Å². The van der Waals surface area contributed by atoms with Gasteiger partial charge < -0.3 is 0 Å². The van der Waals surface area contributed by atoms with Gasteiger partial charge in [0.2, 0.25) is 0 Å². The molecule has 0 N–H and O–H groups in total. The third-order valence-corrected chi connectivity index (χ3v) is 4.51. The molecule has 3 aliphatic carbocycles. The number of benzene rings is 1. The average molecular weight is 234 g/mol. The van der Waals surface area contributed by atoms with Gasteiger partial charge in [0.05, 0.1) is 0 Å². The smallest absolute Gasteiger partial charge is 0.0213 e. The number of hydrogen-bond donors (Lipinski definition) is 0. The van der Waals surface area contributed by atoms with Gasteiger partial charge >= 0.3 is 0 Å². The molecule has 0 nitrogen and oxygen atoms in total. The molecule has 1 aromatic carbocycles. The molecule has 0 saturated heterocycles. The van der Waals surface area contributed by atoms with E-state index in [1.165, 1.54) is 30.4 Å². The fraction of sp³-hybridized carbons (Fsp3) is 0.333. The van der Waals surface area contributed by atoms with Crippen LogP contribution in [0.5, 0.6) is 0 Å². The van der Waals surface area contributed by atoms with Crippen molar-refractivity contribution in [3.63, 3.8) is 0 Å². The largest absolute Gasteiger partial charge is 0.0732 e. The summed E-state index contributed by atoms with van der Waals surface area (Å²) in [7, 11) is 0. The summed E-state index contributed by atoms with van der Waals surface area (Å²) in [4.78, 5) is 0. The summed E-state index contributed by atoms with van der Waals surface area (Å²) >= 11 is 0. The zero-order valence-electron chi connectivity index (χ0n) is 10.9. The molecule has 0 fully saturated rings. The molecule has 0 saturated carbocycles. The minimum absolute atomic E-state index is 0.522. The minimum atomic E-state index is 0.522. The maximum atomic E-state index is 2.48. The molecule has 0 aromatic heterocycles. The van der Waals surface area contributed by atoms with E-state index in [0.29, 0.717) is 5.92 Å². The maximum absolute atomic E-state index is 2.48. The maximum Gasteiger partial charge on any atom is 0.0213 e. The van der Waals surface area contributed by atoms with E-state index >= 15 is 0 Å². The van der Waals surface area contributed by atoms with Gasteiger partial charge in [-0.25, -0.2) is 0 Å². The van der Waals surface area contributed by atoms with E-state index < -0.39 is 0 Å². The van der Waals surface area contributed by atoms with Gasteiger partial charge in [-0.15, -0.1) is 0 Å². The lowest BCUT2D eigenvalue weighted by Gasteiger charge is -2.17. The van der Waals surface area contributed by atoms with Crippen molar-refractivity contribution in [1.82, 2.24) is 0 Å². The van der Waals surface area contributed by atoms with Crippen molar-refractivity contribution < 1.29 is 0 Å². The normalized spacial score (nSPS) is 20.4. The van der Waals surface area contributed by atoms with Gasteiger partial charge in [0.1, 0.15) is 0 Å². The first-order valence-electron chi connectivity index (χ1n) is 7.02. The highest BCUT2D eigenvalue weighted by atomic mass is 14.3. The number of fused-ring (bicyclic) bond motifs is 2. The molecule has 0 heterocycles. The summed E-state index contributed by atoms with van der Waals surface area (Å²) in [6, 6.07) is 2.48. The first-order chi connectivity index (χ1) is 8.83. The Morgan fingerprint density at radius 2 is 1.89 bits per heavy atom. The fourth-order valence-corrected chi connectivity index (χ4v) is 3.78. The highest BCUT2D eigenvalue weighted by molar-refractivity contribution is 5.71. The molecule has 0 amide bonds. The Bertz CT molecular complexity index is 599. The predicted octanol–water partition coefficient (Wildman–Crippen LogP) is 4.34. The minimum Gasteiger partial charge on any atom is -0.0732 e. The van der Waals surface area contributed by atoms with Gasteiger partial charge in [-0.05, 0) is 60.4 Å². The van der Waals surface area contributed by atoms with Crippen LogP contribution < -0.4 is 0 Å². The van der Waals surface area contributed by atoms with E-state index in [1.807, 2.05) is 0 Å². The highest BCUT2D eigenvalue weighted by Crippen LogP contribution is 2.41. The molecule has 0 heteroatoms. The van der Waals surface area contributed by atoms with Crippen molar-refractivity contribution in [2.24, 2.45) is 0 Å². The van der Waals surface area contributed by atoms with Crippen molar-refractivity contribution in [1.29, 1.82) is 0 Å². The van der Waals surface area contributed by atoms with E-state index in [4.69, 9.17) is 0 Å². The molecule has 0 radical (unpaired) electrons. The molecular formula is C18H18. The van der Waals surface area contributed by atoms with Crippen molar-refractivity contribution in [3.05, 3.63) is 63.8 Å². The lowest BCUT2D eigenvalue weighted by Crippen LogP contribution is -2.02. The second-order valence-electron chi connectivity index (χ2n) is 5.82. The van der Waals surface area contributed by atoms with Crippen LogP contribution in [0.15, 0.2) is 35.9 Å². The lowest BCUT2D eigenvalue weighted by atomic mass is 9.86. The zero-order chi connectivity index (χ0) is 12.1. The number of rotatable bonds is 1. The van der Waals surface area contributed by atoms with Crippen LogP contribution in [0, 0.1) is 0 Å². The number of aryl methyl sites for hydroxylation is 1. The molecular weight excluding hydrogens is 216 g/mol. The van der Waals surface area contributed by atoms with Crippen LogP contribution in [0.3, 0.4) is 0 Å². The Morgan fingerprint density at radius 3 is 2.72 bits per heavy atom. The van der Waals surface area contributed by atoms with E-state index in [0.717, 1.165) is 6.42 Å². The van der Waals surface area contributed by atoms with E-state index in [-0.39, 0.29) is 0 Å². The highest BCUT2D eigenvalue weighted by Gasteiger charge is 2.26. The van der Waals surface area contributed by atoms with E-state index in [9.17, 15) is 0 Å². The summed E-state index contributed by atoms with van der Waals surface area (Å²) in [5.41, 5.74) is 9.51. The Balaban J connectivity index is 1.98. The van der Waals surface area contributed by atoms with Crippen LogP contribution in [0.2, 0.25) is 0 Å². The SMILES string of the molecule is CC1=Cc2c(cc3c(c2C2C=CC=C2)CCC3)C1. The van der Waals surface area contributed by atoms with Gasteiger partial charge in [-0.3, -0.25) is 0 Å². The monoisotopic (exact) mass is 234 g/mol. The fourth-order valence-electron chi connectivity index (χ4n) is 3.78. The van der Waals surface area contributed by atoms with Gasteiger partial charge in [0.15, 0.2) is 0 Å². The van der Waals surface area contributed by atoms with Crippen LogP contribution in [0.1, 0.15) is 47.1 Å². The third-order valence-electron chi connectivity index (χ3n) is 4.51. The topological polar surface area (TPSA) is 0 Å². The van der Waals surface area contributed by atoms with E-state index in [2.05, 4.69) is 43.4 Å². The third kappa shape index (κ3) is 1.38. The molecule has 0 bridgehead atoms. The zero-order valence-corrected chi connectivity index (χ0v) is 10.9. The summed E-state index contributed by atoms with van der Waals surface area (Å²) in [5.74, 6) is 0.522. The standard InChI is InChI=1S/C18H18/c1-12-9-15-11-14-7-4-8-16(14)18(17(15)10-12)13-5-2-3-6-13/h2-3,5-6,10-11,13H,4,7-9H2,1H3. The summed E-state index contributed by atoms with van der Waals surface area (Å²) in [6.45, 7) is 2.26. The Labute approximate surface area is 109 Å². The summed E-state index contributed by atoms with van der Waals surface area (Å²) in [6.07, 6.45) is 16.6. The van der Waals surface area contributed by atoms with Gasteiger partial charge in [-0.2, -0.15) is 0 Å². The quantitative estimate of drug-likeness (QED) is 0.678. The van der Waals surface area contributed by atoms with Crippen LogP contribution >= 0.6 is 0 Å². The molecule has 90 valence electrons. The first-order valence-corrected chi connectivity index (χ1v) is 7.02. The van der Waals surface area contributed by atoms with Crippen molar-refractivity contribution in [3.8, 4) is 0 Å². The van der Waals surface area contributed by atoms with Crippen molar-refractivity contribution >= 4 is 6.08 Å². The molecule has 1 aromatic rings. The molecule has 18 heavy (non-hydrogen) atoms. The van der Waals surface area contributed by atoms with Crippen molar-refractivity contribution in [2.75, 3.05) is 0 Å². The average Bonchev–Trinajstić information content (AvgIpc) is 3.03. The molecule has 0 unspecified atom stereocenters. The summed E-state index contributed by atoms with van der Waals surface area (Å²) < 4.78 is 0. The number of hydrogen-bond acceptors (Lipinski definition) is 0. The molecule has 0 spiro atoms. The summed E-state index contributed by atoms with van der Waals surface area (Å²) in [5, 5.41) is 0. The predicted molar refractivity (Wildman–Crippen MR) is 76.8 cm³/mol. The van der Waals surface area contributed by atoms with Crippen LogP contribution in [0.25, 0.3) is 6.08 Å². The van der Waals surface area contributed by atoms with Gasteiger partial charge in [0.25, 0.3) is 0 Å². The number of allylic oxidation sites excluding steroid dienone is 5. The van der Waals surface area contributed by atoms with E-state index in [1.54, 1.807) is 22.3 Å². The first kappa shape index (κ1) is 10.4. The molecule has 0 atom stereocenters. The van der Waals surface area contributed by atoms with Crippen LogP contribution in [-0.4, -0.2) is 0 Å². The Hall–Kier alpha value is -1.56. The van der Waals surface area contributed by atoms with Crippen LogP contribution in [0.4, 0.5) is 0 Å². The molecule has 4 rings (SSSR count). The van der Waals surface area contributed by atoms with Crippen LogP contribution in [-0.2, 0) is 19.3 Å². The van der Waals surface area contributed by atoms with Gasteiger partial charge in [0, 0.05) is 5.92 Å². The van der Waals surface area contributed by atoms with Gasteiger partial charge in [-0.1, -0.05) is 42.0 Å². The lowest BCUT2D eigenvalue weighted by molar-refractivity contribution is 0.903. The molecule has 3 aliphatic rings. The Morgan fingerprint density at radius 1 is 1.06 bits per heavy atom. The Kier molecular flexibility index (Phi) is 2.14.